The molecule has 25 heavy (non-hydrogen) atoms. The number of piperazine rings is 1. The average Bonchev–Trinajstić information content (AvgIpc) is 2.60. The lowest BCUT2D eigenvalue weighted by atomic mass is 10.1. The molecule has 1 heterocycles. The van der Waals surface area contributed by atoms with Crippen molar-refractivity contribution >= 4 is 15.7 Å². The van der Waals surface area contributed by atoms with Gasteiger partial charge in [0.15, 0.2) is 0 Å². The van der Waals surface area contributed by atoms with Crippen LogP contribution in [0.4, 0.5) is 0 Å². The summed E-state index contributed by atoms with van der Waals surface area (Å²) < 4.78 is 27.7. The first-order valence-electron chi connectivity index (χ1n) is 8.69. The number of nitrogens with zero attached hydrogens (tertiary/aromatic N) is 2. The second-order valence-electron chi connectivity index (χ2n) is 6.52. The van der Waals surface area contributed by atoms with Gasteiger partial charge in [0.25, 0.3) is 0 Å². The Morgan fingerprint density at radius 3 is 2.48 bits per heavy atom. The maximum atomic E-state index is 12.1. The van der Waals surface area contributed by atoms with E-state index >= 15 is 0 Å². The van der Waals surface area contributed by atoms with Gasteiger partial charge in [-0.3, -0.25) is 9.69 Å². The van der Waals surface area contributed by atoms with Crippen molar-refractivity contribution in [1.29, 1.82) is 0 Å². The molecule has 1 aromatic rings. The Kier molecular flexibility index (Phi) is 7.25. The van der Waals surface area contributed by atoms with E-state index in [1.54, 1.807) is 12.0 Å². The maximum absolute atomic E-state index is 12.1. The number of benzene rings is 1. The predicted molar refractivity (Wildman–Crippen MR) is 98.7 cm³/mol. The summed E-state index contributed by atoms with van der Waals surface area (Å²) in [4.78, 5) is 16.2. The minimum atomic E-state index is -3.08. The molecule has 7 heteroatoms. The molecule has 6 nitrogen and oxygen atoms in total. The molecular formula is C18H28N2O4S. The summed E-state index contributed by atoms with van der Waals surface area (Å²) in [5, 5.41) is 0. The molecule has 0 atom stereocenters. The van der Waals surface area contributed by atoms with Crippen LogP contribution in [0.25, 0.3) is 0 Å². The summed E-state index contributed by atoms with van der Waals surface area (Å²) in [7, 11) is -1.39. The predicted octanol–water partition coefficient (Wildman–Crippen LogP) is 1.21. The van der Waals surface area contributed by atoms with Crippen LogP contribution in [0.2, 0.25) is 0 Å². The molecule has 0 aliphatic carbocycles. The van der Waals surface area contributed by atoms with E-state index in [1.807, 2.05) is 18.2 Å². The molecule has 1 aromatic carbocycles. The van der Waals surface area contributed by atoms with Crippen molar-refractivity contribution in [2.24, 2.45) is 0 Å². The lowest BCUT2D eigenvalue weighted by Crippen LogP contribution is -2.49. The Morgan fingerprint density at radius 1 is 1.16 bits per heavy atom. The van der Waals surface area contributed by atoms with Gasteiger partial charge in [0.1, 0.15) is 15.6 Å². The summed E-state index contributed by atoms with van der Waals surface area (Å²) in [5.74, 6) is 0.813. The minimum absolute atomic E-state index is 0.0564. The van der Waals surface area contributed by atoms with E-state index in [2.05, 4.69) is 11.0 Å². The van der Waals surface area contributed by atoms with Crippen molar-refractivity contribution in [3.8, 4) is 5.75 Å². The van der Waals surface area contributed by atoms with Crippen LogP contribution in [0, 0.1) is 0 Å². The van der Waals surface area contributed by atoms with Gasteiger partial charge < -0.3 is 9.64 Å². The van der Waals surface area contributed by atoms with Crippen molar-refractivity contribution in [2.45, 2.75) is 19.3 Å². The van der Waals surface area contributed by atoms with Gasteiger partial charge in [0, 0.05) is 38.9 Å². The molecule has 1 amide bonds. The van der Waals surface area contributed by atoms with Gasteiger partial charge in [-0.05, 0) is 31.0 Å². The van der Waals surface area contributed by atoms with Crippen LogP contribution in [-0.4, -0.2) is 76.0 Å². The molecule has 0 unspecified atom stereocenters. The Morgan fingerprint density at radius 2 is 1.84 bits per heavy atom. The number of hydrogen-bond donors (Lipinski definition) is 0. The molecule has 0 spiro atoms. The second-order valence-corrected chi connectivity index (χ2v) is 8.78. The van der Waals surface area contributed by atoms with Crippen LogP contribution in [0.15, 0.2) is 24.3 Å². The fourth-order valence-electron chi connectivity index (χ4n) is 3.05. The second kappa shape index (κ2) is 9.20. The molecule has 0 saturated carbocycles. The SMILES string of the molecule is COc1ccccc1CCCN1CCN(C(=O)CCS(C)(=O)=O)CC1. The first-order valence-corrected chi connectivity index (χ1v) is 10.7. The van der Waals surface area contributed by atoms with Gasteiger partial charge in [-0.2, -0.15) is 0 Å². The molecule has 0 bridgehead atoms. The lowest BCUT2D eigenvalue weighted by molar-refractivity contribution is -0.132. The summed E-state index contributed by atoms with van der Waals surface area (Å²) >= 11 is 0. The third-order valence-electron chi connectivity index (χ3n) is 4.52. The number of hydrogen-bond acceptors (Lipinski definition) is 5. The zero-order valence-corrected chi connectivity index (χ0v) is 15.9. The molecule has 1 saturated heterocycles. The van der Waals surface area contributed by atoms with E-state index in [0.29, 0.717) is 13.1 Å². The van der Waals surface area contributed by atoms with Gasteiger partial charge in [-0.15, -0.1) is 0 Å². The van der Waals surface area contributed by atoms with Gasteiger partial charge in [0.05, 0.1) is 12.9 Å². The third kappa shape index (κ3) is 6.66. The van der Waals surface area contributed by atoms with E-state index in [-0.39, 0.29) is 18.1 Å². The number of carbonyl (C=O) groups excluding carboxylic acids is 1. The highest BCUT2D eigenvalue weighted by atomic mass is 32.2. The van der Waals surface area contributed by atoms with E-state index in [9.17, 15) is 13.2 Å². The molecule has 0 N–H and O–H groups in total. The summed E-state index contributed by atoms with van der Waals surface area (Å²) in [6.07, 6.45) is 3.27. The van der Waals surface area contributed by atoms with Crippen LogP contribution in [-0.2, 0) is 21.1 Å². The maximum Gasteiger partial charge on any atom is 0.223 e. The average molecular weight is 368 g/mol. The monoisotopic (exact) mass is 368 g/mol. The molecule has 0 aromatic heterocycles. The fourth-order valence-corrected chi connectivity index (χ4v) is 3.60. The van der Waals surface area contributed by atoms with Gasteiger partial charge in [-0.1, -0.05) is 18.2 Å². The van der Waals surface area contributed by atoms with Crippen molar-refractivity contribution in [3.63, 3.8) is 0 Å². The number of sulfone groups is 1. The minimum Gasteiger partial charge on any atom is -0.496 e. The van der Waals surface area contributed by atoms with Gasteiger partial charge in [-0.25, -0.2) is 8.42 Å². The van der Waals surface area contributed by atoms with Crippen LogP contribution in [0.5, 0.6) is 5.75 Å². The Balaban J connectivity index is 1.69. The van der Waals surface area contributed by atoms with Gasteiger partial charge in [0.2, 0.25) is 5.91 Å². The van der Waals surface area contributed by atoms with Crippen LogP contribution in [0.3, 0.4) is 0 Å². The number of para-hydroxylation sites is 1. The van der Waals surface area contributed by atoms with Gasteiger partial charge >= 0.3 is 0 Å². The summed E-state index contributed by atoms with van der Waals surface area (Å²) in [6, 6.07) is 8.08. The molecule has 1 aliphatic rings. The van der Waals surface area contributed by atoms with Crippen molar-refractivity contribution in [3.05, 3.63) is 29.8 Å². The van der Waals surface area contributed by atoms with E-state index in [4.69, 9.17) is 4.74 Å². The molecule has 1 fully saturated rings. The van der Waals surface area contributed by atoms with Crippen molar-refractivity contribution in [2.75, 3.05) is 51.8 Å². The largest absolute Gasteiger partial charge is 0.496 e. The normalized spacial score (nSPS) is 16.0. The molecule has 2 rings (SSSR count). The van der Waals surface area contributed by atoms with Crippen LogP contribution in [0.1, 0.15) is 18.4 Å². The lowest BCUT2D eigenvalue weighted by Gasteiger charge is -2.34. The third-order valence-corrected chi connectivity index (χ3v) is 5.47. The number of aryl methyl sites for hydroxylation is 1. The Bertz CT molecular complexity index is 667. The highest BCUT2D eigenvalue weighted by Gasteiger charge is 2.21. The topological polar surface area (TPSA) is 66.9 Å². The zero-order valence-electron chi connectivity index (χ0n) is 15.1. The smallest absolute Gasteiger partial charge is 0.223 e. The highest BCUT2D eigenvalue weighted by Crippen LogP contribution is 2.19. The Hall–Kier alpha value is -1.60. The first-order chi connectivity index (χ1) is 11.9. The molecule has 0 radical (unpaired) electrons. The number of methoxy groups -OCH3 is 1. The fraction of sp³-hybridized carbons (Fsp3) is 0.611. The zero-order chi connectivity index (χ0) is 18.3. The number of amides is 1. The molecular weight excluding hydrogens is 340 g/mol. The quantitative estimate of drug-likeness (QED) is 0.690. The number of ether oxygens (including phenoxy) is 1. The number of rotatable bonds is 8. The summed E-state index contributed by atoms with van der Waals surface area (Å²) in [5.41, 5.74) is 1.22. The highest BCUT2D eigenvalue weighted by molar-refractivity contribution is 7.90. The molecule has 140 valence electrons. The number of carbonyl (C=O) groups is 1. The summed E-state index contributed by atoms with van der Waals surface area (Å²) in [6.45, 7) is 4.03. The Labute approximate surface area is 150 Å². The standard InChI is InChI=1S/C18H28N2O4S/c1-24-17-8-4-3-6-16(17)7-5-10-19-11-13-20(14-12-19)18(21)9-15-25(2,22)23/h3-4,6,8H,5,7,9-15H2,1-2H3. The molecule has 1 aliphatic heterocycles. The van der Waals surface area contributed by atoms with E-state index in [1.165, 1.54) is 11.8 Å². The van der Waals surface area contributed by atoms with Crippen molar-refractivity contribution in [1.82, 2.24) is 9.80 Å². The van der Waals surface area contributed by atoms with Crippen LogP contribution >= 0.6 is 0 Å². The van der Waals surface area contributed by atoms with E-state index < -0.39 is 9.84 Å². The van der Waals surface area contributed by atoms with Crippen LogP contribution < -0.4 is 4.74 Å². The van der Waals surface area contributed by atoms with E-state index in [0.717, 1.165) is 38.2 Å². The van der Waals surface area contributed by atoms with Crippen molar-refractivity contribution < 1.29 is 17.9 Å². The first kappa shape index (κ1) is 19.7.